The van der Waals surface area contributed by atoms with Crippen LogP contribution in [0.1, 0.15) is 5.56 Å². The summed E-state index contributed by atoms with van der Waals surface area (Å²) in [7, 11) is 1.60. The third-order valence-electron chi connectivity index (χ3n) is 5.88. The van der Waals surface area contributed by atoms with Gasteiger partial charge in [-0.05, 0) is 36.4 Å². The molecular formula is C24H26N2O6. The van der Waals surface area contributed by atoms with Crippen LogP contribution < -0.4 is 19.6 Å². The minimum Gasteiger partial charge on any atom is -0.497 e. The van der Waals surface area contributed by atoms with Crippen LogP contribution in [0.2, 0.25) is 0 Å². The monoisotopic (exact) mass is 438 g/mol. The lowest BCUT2D eigenvalue weighted by molar-refractivity contribution is 0.0241. The number of ether oxygens (including phenoxy) is 4. The molecule has 0 radical (unpaired) electrons. The van der Waals surface area contributed by atoms with E-state index < -0.39 is 0 Å². The molecule has 2 aromatic carbocycles. The van der Waals surface area contributed by atoms with Crippen molar-refractivity contribution < 1.29 is 23.4 Å². The maximum atomic E-state index is 13.1. The molecule has 2 aliphatic rings. The first kappa shape index (κ1) is 20.8. The van der Waals surface area contributed by atoms with Gasteiger partial charge in [-0.25, -0.2) is 0 Å². The predicted molar refractivity (Wildman–Crippen MR) is 119 cm³/mol. The van der Waals surface area contributed by atoms with Crippen LogP contribution in [-0.2, 0) is 11.3 Å². The van der Waals surface area contributed by atoms with Crippen molar-refractivity contribution in [2.45, 2.75) is 6.54 Å². The van der Waals surface area contributed by atoms with E-state index in [1.807, 2.05) is 6.07 Å². The van der Waals surface area contributed by atoms with Gasteiger partial charge in [-0.2, -0.15) is 0 Å². The summed E-state index contributed by atoms with van der Waals surface area (Å²) in [5.41, 5.74) is 1.23. The number of benzene rings is 2. The molecule has 3 heterocycles. The molecular weight excluding hydrogens is 412 g/mol. The second kappa shape index (κ2) is 9.20. The summed E-state index contributed by atoms with van der Waals surface area (Å²) in [5.74, 6) is 2.15. The lowest BCUT2D eigenvalue weighted by Gasteiger charge is -2.32. The van der Waals surface area contributed by atoms with Crippen LogP contribution in [0.5, 0.6) is 23.0 Å². The quantitative estimate of drug-likeness (QED) is 0.581. The highest BCUT2D eigenvalue weighted by Gasteiger charge is 2.23. The highest BCUT2D eigenvalue weighted by molar-refractivity contribution is 5.83. The van der Waals surface area contributed by atoms with Gasteiger partial charge in [0.15, 0.2) is 0 Å². The molecule has 0 amide bonds. The lowest BCUT2D eigenvalue weighted by atomic mass is 10.1. The standard InChI is InChI=1S/C24H26N2O6/c1-28-17-2-4-18(5-3-17)32-22-15-30-24-19(23(22)27)6-7-21-20(24)14-26(16-31-21)9-8-25-10-12-29-13-11-25/h2-7,15H,8-14,16H2,1H3. The molecule has 5 rings (SSSR count). The SMILES string of the molecule is COc1ccc(Oc2coc3c4c(ccc3c2=O)OCN(CCN2CCOCC2)C4)cc1. The number of rotatable bonds is 6. The van der Waals surface area contributed by atoms with Crippen LogP contribution in [-0.4, -0.2) is 63.0 Å². The van der Waals surface area contributed by atoms with Gasteiger partial charge in [0.1, 0.15) is 35.8 Å². The summed E-state index contributed by atoms with van der Waals surface area (Å²) in [6.45, 7) is 6.51. The van der Waals surface area contributed by atoms with E-state index in [2.05, 4.69) is 9.80 Å². The maximum absolute atomic E-state index is 13.1. The minimum atomic E-state index is -0.213. The van der Waals surface area contributed by atoms with Crippen molar-refractivity contribution in [1.29, 1.82) is 0 Å². The van der Waals surface area contributed by atoms with E-state index in [4.69, 9.17) is 23.4 Å². The molecule has 0 unspecified atom stereocenters. The molecule has 8 nitrogen and oxygen atoms in total. The van der Waals surface area contributed by atoms with Gasteiger partial charge in [0, 0.05) is 32.7 Å². The van der Waals surface area contributed by atoms with Gasteiger partial charge in [0.05, 0.1) is 31.3 Å². The average Bonchev–Trinajstić information content (AvgIpc) is 2.85. The molecule has 0 bridgehead atoms. The van der Waals surface area contributed by atoms with Crippen LogP contribution >= 0.6 is 0 Å². The zero-order valence-electron chi connectivity index (χ0n) is 18.0. The lowest BCUT2D eigenvalue weighted by Crippen LogP contribution is -2.43. The summed E-state index contributed by atoms with van der Waals surface area (Å²) in [4.78, 5) is 17.7. The molecule has 1 aromatic heterocycles. The van der Waals surface area contributed by atoms with Crippen molar-refractivity contribution >= 4 is 11.0 Å². The summed E-state index contributed by atoms with van der Waals surface area (Å²) in [5, 5.41) is 0.480. The highest BCUT2D eigenvalue weighted by atomic mass is 16.5. The van der Waals surface area contributed by atoms with Crippen LogP contribution in [0.15, 0.2) is 51.9 Å². The Bertz CT molecular complexity index is 1140. The number of hydrogen-bond acceptors (Lipinski definition) is 8. The third-order valence-corrected chi connectivity index (χ3v) is 5.88. The van der Waals surface area contributed by atoms with Gasteiger partial charge < -0.3 is 23.4 Å². The summed E-state index contributed by atoms with van der Waals surface area (Å²) >= 11 is 0. The average molecular weight is 438 g/mol. The molecule has 0 aliphatic carbocycles. The van der Waals surface area contributed by atoms with E-state index in [0.29, 0.717) is 35.7 Å². The Kier molecular flexibility index (Phi) is 5.98. The van der Waals surface area contributed by atoms with Gasteiger partial charge in [-0.1, -0.05) is 0 Å². The minimum absolute atomic E-state index is 0.142. The second-order valence-corrected chi connectivity index (χ2v) is 7.91. The molecule has 3 aromatic rings. The summed E-state index contributed by atoms with van der Waals surface area (Å²) in [6, 6.07) is 10.6. The van der Waals surface area contributed by atoms with Crippen molar-refractivity contribution in [3.8, 4) is 23.0 Å². The van der Waals surface area contributed by atoms with Crippen molar-refractivity contribution in [2.75, 3.05) is 53.2 Å². The van der Waals surface area contributed by atoms with Crippen LogP contribution in [0, 0.1) is 0 Å². The molecule has 168 valence electrons. The number of hydrogen-bond donors (Lipinski definition) is 0. The van der Waals surface area contributed by atoms with Crippen LogP contribution in [0.4, 0.5) is 0 Å². The van der Waals surface area contributed by atoms with Gasteiger partial charge in [-0.15, -0.1) is 0 Å². The van der Waals surface area contributed by atoms with E-state index in [-0.39, 0.29) is 11.2 Å². The molecule has 32 heavy (non-hydrogen) atoms. The molecule has 1 saturated heterocycles. The van der Waals surface area contributed by atoms with E-state index in [1.165, 1.54) is 6.26 Å². The van der Waals surface area contributed by atoms with Crippen molar-refractivity contribution in [2.24, 2.45) is 0 Å². The van der Waals surface area contributed by atoms with Crippen LogP contribution in [0.3, 0.4) is 0 Å². The number of nitrogens with zero attached hydrogens (tertiary/aromatic N) is 2. The zero-order chi connectivity index (χ0) is 21.9. The Morgan fingerprint density at radius 2 is 1.72 bits per heavy atom. The Balaban J connectivity index is 1.35. The van der Waals surface area contributed by atoms with Gasteiger partial charge in [0.2, 0.25) is 11.2 Å². The number of methoxy groups -OCH3 is 1. The van der Waals surface area contributed by atoms with Crippen molar-refractivity contribution in [3.63, 3.8) is 0 Å². The highest BCUT2D eigenvalue weighted by Crippen LogP contribution is 2.32. The smallest absolute Gasteiger partial charge is 0.235 e. The Morgan fingerprint density at radius 3 is 2.50 bits per heavy atom. The molecule has 1 fully saturated rings. The molecule has 2 aliphatic heterocycles. The normalized spacial score (nSPS) is 17.0. The Labute approximate surface area is 185 Å². The van der Waals surface area contributed by atoms with Crippen molar-refractivity contribution in [1.82, 2.24) is 9.80 Å². The van der Waals surface area contributed by atoms with Gasteiger partial charge >= 0.3 is 0 Å². The summed E-state index contributed by atoms with van der Waals surface area (Å²) < 4.78 is 28.2. The van der Waals surface area contributed by atoms with E-state index in [1.54, 1.807) is 37.4 Å². The number of morpholine rings is 1. The van der Waals surface area contributed by atoms with Crippen LogP contribution in [0.25, 0.3) is 11.0 Å². The summed E-state index contributed by atoms with van der Waals surface area (Å²) in [6.07, 6.45) is 1.38. The third kappa shape index (κ3) is 4.29. The van der Waals surface area contributed by atoms with Gasteiger partial charge in [0.25, 0.3) is 0 Å². The largest absolute Gasteiger partial charge is 0.497 e. The molecule has 0 spiro atoms. The fraction of sp³-hybridized carbons (Fsp3) is 0.375. The predicted octanol–water partition coefficient (Wildman–Crippen LogP) is 3.08. The van der Waals surface area contributed by atoms with E-state index >= 15 is 0 Å². The first-order valence-corrected chi connectivity index (χ1v) is 10.8. The number of fused-ring (bicyclic) bond motifs is 3. The Hall–Kier alpha value is -3.07. The zero-order valence-corrected chi connectivity index (χ0v) is 18.0. The second-order valence-electron chi connectivity index (χ2n) is 7.91. The van der Waals surface area contributed by atoms with Gasteiger partial charge in [-0.3, -0.25) is 14.6 Å². The maximum Gasteiger partial charge on any atom is 0.235 e. The first-order chi connectivity index (χ1) is 15.7. The molecule has 0 saturated carbocycles. The fourth-order valence-electron chi connectivity index (χ4n) is 4.03. The topological polar surface area (TPSA) is 73.6 Å². The van der Waals surface area contributed by atoms with Crippen molar-refractivity contribution in [3.05, 3.63) is 58.4 Å². The van der Waals surface area contributed by atoms with E-state index in [0.717, 1.165) is 50.7 Å². The molecule has 0 atom stereocenters. The first-order valence-electron chi connectivity index (χ1n) is 10.8. The molecule has 0 N–H and O–H groups in total. The Morgan fingerprint density at radius 1 is 0.969 bits per heavy atom. The fourth-order valence-corrected chi connectivity index (χ4v) is 4.03. The van der Waals surface area contributed by atoms with E-state index in [9.17, 15) is 4.79 Å². The molecule has 8 heteroatoms.